The molecule has 1 aromatic heterocycles. The van der Waals surface area contributed by atoms with Gasteiger partial charge < -0.3 is 10.6 Å². The number of carbonyl (C=O) groups is 1. The van der Waals surface area contributed by atoms with E-state index in [1.807, 2.05) is 13.0 Å². The minimum absolute atomic E-state index is 0.0513. The van der Waals surface area contributed by atoms with Gasteiger partial charge in [0.05, 0.1) is 6.42 Å². The molecule has 0 fully saturated rings. The molecule has 2 N–H and O–H groups in total. The standard InChI is InChI=1S/C16H17F2N3O/c1-11-10-19-6-5-14(11)20-7-8-21-15(22)9-12-3-2-4-13(17)16(12)18/h2-6,10H,7-9H2,1H3,(H,19,20)(H,21,22). The van der Waals surface area contributed by atoms with Crippen LogP contribution >= 0.6 is 0 Å². The first-order valence-electron chi connectivity index (χ1n) is 6.92. The van der Waals surface area contributed by atoms with E-state index in [1.165, 1.54) is 12.1 Å². The van der Waals surface area contributed by atoms with Crippen LogP contribution in [0, 0.1) is 18.6 Å². The molecular weight excluding hydrogens is 288 g/mol. The number of nitrogens with one attached hydrogen (secondary N) is 2. The summed E-state index contributed by atoms with van der Waals surface area (Å²) >= 11 is 0. The van der Waals surface area contributed by atoms with E-state index in [0.29, 0.717) is 13.1 Å². The van der Waals surface area contributed by atoms with Gasteiger partial charge in [0.1, 0.15) is 0 Å². The van der Waals surface area contributed by atoms with Crippen molar-refractivity contribution in [2.75, 3.05) is 18.4 Å². The average Bonchev–Trinajstić information content (AvgIpc) is 2.50. The van der Waals surface area contributed by atoms with Crippen LogP contribution in [0.5, 0.6) is 0 Å². The quantitative estimate of drug-likeness (QED) is 0.806. The zero-order valence-corrected chi connectivity index (χ0v) is 12.2. The molecule has 0 saturated carbocycles. The molecule has 0 aliphatic carbocycles. The van der Waals surface area contributed by atoms with E-state index >= 15 is 0 Å². The largest absolute Gasteiger partial charge is 0.383 e. The van der Waals surface area contributed by atoms with Crippen molar-refractivity contribution in [3.8, 4) is 0 Å². The molecule has 6 heteroatoms. The van der Waals surface area contributed by atoms with Crippen LogP contribution in [0.3, 0.4) is 0 Å². The third-order valence-electron chi connectivity index (χ3n) is 3.17. The van der Waals surface area contributed by atoms with Gasteiger partial charge in [-0.1, -0.05) is 12.1 Å². The van der Waals surface area contributed by atoms with Crippen molar-refractivity contribution in [2.45, 2.75) is 13.3 Å². The van der Waals surface area contributed by atoms with Gasteiger partial charge in [-0.2, -0.15) is 0 Å². The maximum absolute atomic E-state index is 13.4. The zero-order chi connectivity index (χ0) is 15.9. The summed E-state index contributed by atoms with van der Waals surface area (Å²) in [5.41, 5.74) is 2.01. The molecule has 0 bridgehead atoms. The fourth-order valence-corrected chi connectivity index (χ4v) is 1.99. The van der Waals surface area contributed by atoms with Gasteiger partial charge >= 0.3 is 0 Å². The molecule has 4 nitrogen and oxygen atoms in total. The predicted molar refractivity (Wildman–Crippen MR) is 80.5 cm³/mol. The molecule has 1 amide bonds. The Kier molecular flexibility index (Phi) is 5.41. The summed E-state index contributed by atoms with van der Waals surface area (Å²) in [7, 11) is 0. The number of aromatic nitrogens is 1. The van der Waals surface area contributed by atoms with E-state index in [4.69, 9.17) is 0 Å². The zero-order valence-electron chi connectivity index (χ0n) is 12.2. The first-order chi connectivity index (χ1) is 10.6. The maximum Gasteiger partial charge on any atom is 0.224 e. The van der Waals surface area contributed by atoms with Crippen LogP contribution in [0.1, 0.15) is 11.1 Å². The highest BCUT2D eigenvalue weighted by Crippen LogP contribution is 2.12. The SMILES string of the molecule is Cc1cnccc1NCCNC(=O)Cc1cccc(F)c1F. The Labute approximate surface area is 127 Å². The highest BCUT2D eigenvalue weighted by molar-refractivity contribution is 5.78. The van der Waals surface area contributed by atoms with Gasteiger partial charge in [0, 0.05) is 36.7 Å². The minimum atomic E-state index is -0.969. The fourth-order valence-electron chi connectivity index (χ4n) is 1.99. The van der Waals surface area contributed by atoms with Crippen LogP contribution in [0.2, 0.25) is 0 Å². The molecule has 0 unspecified atom stereocenters. The number of carbonyl (C=O) groups excluding carboxylic acids is 1. The fraction of sp³-hybridized carbons (Fsp3) is 0.250. The molecule has 0 aliphatic rings. The normalized spacial score (nSPS) is 10.3. The van der Waals surface area contributed by atoms with Crippen LogP contribution in [0.4, 0.5) is 14.5 Å². The lowest BCUT2D eigenvalue weighted by Gasteiger charge is -2.10. The van der Waals surface area contributed by atoms with Gasteiger partial charge in [-0.15, -0.1) is 0 Å². The van der Waals surface area contributed by atoms with Gasteiger partial charge in [-0.3, -0.25) is 9.78 Å². The van der Waals surface area contributed by atoms with Crippen LogP contribution in [0.15, 0.2) is 36.7 Å². The van der Waals surface area contributed by atoms with E-state index in [9.17, 15) is 13.6 Å². The third kappa shape index (κ3) is 4.25. The maximum atomic E-state index is 13.4. The summed E-state index contributed by atoms with van der Waals surface area (Å²) in [5.74, 6) is -2.26. The first-order valence-corrected chi connectivity index (χ1v) is 6.92. The molecule has 0 saturated heterocycles. The van der Waals surface area contributed by atoms with E-state index in [0.717, 1.165) is 17.3 Å². The molecule has 0 spiro atoms. The lowest BCUT2D eigenvalue weighted by Crippen LogP contribution is -2.30. The molecule has 0 atom stereocenters. The predicted octanol–water partition coefficient (Wildman–Crippen LogP) is 2.44. The van der Waals surface area contributed by atoms with Crippen molar-refractivity contribution < 1.29 is 13.6 Å². The number of halogens is 2. The number of benzene rings is 1. The smallest absolute Gasteiger partial charge is 0.224 e. The minimum Gasteiger partial charge on any atom is -0.383 e. The Bertz CT molecular complexity index is 662. The Hall–Kier alpha value is -2.50. The Morgan fingerprint density at radius 1 is 1.23 bits per heavy atom. The summed E-state index contributed by atoms with van der Waals surface area (Å²) in [6.45, 7) is 2.85. The van der Waals surface area contributed by atoms with E-state index in [-0.39, 0.29) is 17.9 Å². The van der Waals surface area contributed by atoms with Crippen LogP contribution in [0.25, 0.3) is 0 Å². The summed E-state index contributed by atoms with van der Waals surface area (Å²) in [6, 6.07) is 5.66. The molecule has 1 heterocycles. The van der Waals surface area contributed by atoms with Gasteiger partial charge in [-0.05, 0) is 24.6 Å². The monoisotopic (exact) mass is 305 g/mol. The van der Waals surface area contributed by atoms with Crippen molar-refractivity contribution in [1.29, 1.82) is 0 Å². The molecule has 22 heavy (non-hydrogen) atoms. The number of hydrogen-bond acceptors (Lipinski definition) is 3. The molecule has 0 radical (unpaired) electrons. The van der Waals surface area contributed by atoms with Gasteiger partial charge in [0.25, 0.3) is 0 Å². The lowest BCUT2D eigenvalue weighted by atomic mass is 10.1. The summed E-state index contributed by atoms with van der Waals surface area (Å²) < 4.78 is 26.5. The van der Waals surface area contributed by atoms with Crippen LogP contribution in [-0.2, 0) is 11.2 Å². The summed E-state index contributed by atoms with van der Waals surface area (Å²) in [4.78, 5) is 15.7. The summed E-state index contributed by atoms with van der Waals surface area (Å²) in [5, 5.41) is 5.83. The Morgan fingerprint density at radius 3 is 2.82 bits per heavy atom. The molecule has 1 aromatic carbocycles. The number of aryl methyl sites for hydroxylation is 1. The second-order valence-electron chi connectivity index (χ2n) is 4.86. The second-order valence-corrected chi connectivity index (χ2v) is 4.86. The molecular formula is C16H17F2N3O. The van der Waals surface area contributed by atoms with Crippen LogP contribution in [-0.4, -0.2) is 24.0 Å². The summed E-state index contributed by atoms with van der Waals surface area (Å²) in [6.07, 6.45) is 3.24. The topological polar surface area (TPSA) is 54.0 Å². The van der Waals surface area contributed by atoms with E-state index in [1.54, 1.807) is 12.4 Å². The first kappa shape index (κ1) is 15.9. The number of amides is 1. The number of hydrogen-bond donors (Lipinski definition) is 2. The van der Waals surface area contributed by atoms with E-state index < -0.39 is 11.6 Å². The Balaban J connectivity index is 1.76. The van der Waals surface area contributed by atoms with Crippen molar-refractivity contribution in [3.63, 3.8) is 0 Å². The highest BCUT2D eigenvalue weighted by Gasteiger charge is 2.11. The van der Waals surface area contributed by atoms with Crippen molar-refractivity contribution in [2.24, 2.45) is 0 Å². The number of nitrogens with zero attached hydrogens (tertiary/aromatic N) is 1. The van der Waals surface area contributed by atoms with Crippen LogP contribution < -0.4 is 10.6 Å². The lowest BCUT2D eigenvalue weighted by molar-refractivity contribution is -0.120. The van der Waals surface area contributed by atoms with E-state index in [2.05, 4.69) is 15.6 Å². The Morgan fingerprint density at radius 2 is 2.05 bits per heavy atom. The van der Waals surface area contributed by atoms with Crippen molar-refractivity contribution in [1.82, 2.24) is 10.3 Å². The number of anilines is 1. The highest BCUT2D eigenvalue weighted by atomic mass is 19.2. The van der Waals surface area contributed by atoms with Crippen molar-refractivity contribution >= 4 is 11.6 Å². The molecule has 0 aliphatic heterocycles. The van der Waals surface area contributed by atoms with Gasteiger partial charge in [0.15, 0.2) is 11.6 Å². The average molecular weight is 305 g/mol. The number of pyridine rings is 1. The van der Waals surface area contributed by atoms with Gasteiger partial charge in [0.2, 0.25) is 5.91 Å². The number of rotatable bonds is 6. The molecule has 2 aromatic rings. The molecule has 2 rings (SSSR count). The van der Waals surface area contributed by atoms with Gasteiger partial charge in [-0.25, -0.2) is 8.78 Å². The van der Waals surface area contributed by atoms with Crippen molar-refractivity contribution in [3.05, 3.63) is 59.4 Å². The molecule has 116 valence electrons. The third-order valence-corrected chi connectivity index (χ3v) is 3.17. The second kappa shape index (κ2) is 7.49.